The molecule has 0 aromatic rings. The van der Waals surface area contributed by atoms with Crippen molar-refractivity contribution in [1.29, 1.82) is 0 Å². The van der Waals surface area contributed by atoms with Crippen molar-refractivity contribution in [2.75, 3.05) is 13.2 Å². The molecular weight excluding hydrogens is 166 g/mol. The van der Waals surface area contributed by atoms with Gasteiger partial charge >= 0.3 is 0 Å². The number of nitrogens with two attached hydrogens (primary N) is 1. The Morgan fingerprint density at radius 2 is 1.91 bits per heavy atom. The minimum atomic E-state index is -0.668. The van der Waals surface area contributed by atoms with Gasteiger partial charge in [-0.2, -0.15) is 0 Å². The molecule has 0 saturated carbocycles. The minimum absolute atomic E-state index is 0. The smallest absolute Gasteiger partial charge is 0.0839 e. The highest BCUT2D eigenvalue weighted by molar-refractivity contribution is 5.85. The molecule has 1 heterocycles. The molecule has 0 aliphatic carbocycles. The van der Waals surface area contributed by atoms with E-state index in [4.69, 9.17) is 10.5 Å². The molecule has 1 fully saturated rings. The summed E-state index contributed by atoms with van der Waals surface area (Å²) < 4.78 is 5.10. The molecule has 1 atom stereocenters. The molecular formula is C7H16ClNO2. The fourth-order valence-corrected chi connectivity index (χ4v) is 1.18. The first-order valence-corrected chi connectivity index (χ1v) is 3.71. The quantitative estimate of drug-likeness (QED) is 0.612. The topological polar surface area (TPSA) is 55.5 Å². The van der Waals surface area contributed by atoms with E-state index in [-0.39, 0.29) is 18.4 Å². The van der Waals surface area contributed by atoms with Gasteiger partial charge in [-0.05, 0) is 6.92 Å². The van der Waals surface area contributed by atoms with Crippen LogP contribution >= 0.6 is 12.4 Å². The van der Waals surface area contributed by atoms with Crippen LogP contribution in [0.3, 0.4) is 0 Å². The van der Waals surface area contributed by atoms with E-state index in [1.54, 1.807) is 0 Å². The van der Waals surface area contributed by atoms with Gasteiger partial charge < -0.3 is 15.6 Å². The summed E-state index contributed by atoms with van der Waals surface area (Å²) in [5.41, 5.74) is 4.93. The monoisotopic (exact) mass is 181 g/mol. The fourth-order valence-electron chi connectivity index (χ4n) is 1.18. The molecule has 0 aromatic carbocycles. The average molecular weight is 182 g/mol. The molecule has 0 aromatic heterocycles. The van der Waals surface area contributed by atoms with Gasteiger partial charge in [0, 0.05) is 32.1 Å². The van der Waals surface area contributed by atoms with Gasteiger partial charge in [0.2, 0.25) is 0 Å². The van der Waals surface area contributed by atoms with Crippen molar-refractivity contribution in [1.82, 2.24) is 0 Å². The Morgan fingerprint density at radius 3 is 2.18 bits per heavy atom. The van der Waals surface area contributed by atoms with Crippen LogP contribution in [0.25, 0.3) is 0 Å². The second-order valence-electron chi connectivity index (χ2n) is 3.00. The molecule has 11 heavy (non-hydrogen) atoms. The molecule has 1 rings (SSSR count). The SMILES string of the molecule is CC(N)C1(O)CCOCC1.Cl. The zero-order chi connectivity index (χ0) is 7.61. The molecule has 3 nitrogen and oxygen atoms in total. The molecule has 0 amide bonds. The second kappa shape index (κ2) is 4.26. The summed E-state index contributed by atoms with van der Waals surface area (Å²) in [6, 6.07) is -0.142. The van der Waals surface area contributed by atoms with Crippen molar-refractivity contribution < 1.29 is 9.84 Å². The molecule has 68 valence electrons. The summed E-state index contributed by atoms with van der Waals surface area (Å²) in [5.74, 6) is 0. The molecule has 4 heteroatoms. The zero-order valence-corrected chi connectivity index (χ0v) is 7.56. The minimum Gasteiger partial charge on any atom is -0.388 e. The number of hydrogen-bond acceptors (Lipinski definition) is 3. The van der Waals surface area contributed by atoms with E-state index in [0.717, 1.165) is 0 Å². The second-order valence-corrected chi connectivity index (χ2v) is 3.00. The van der Waals surface area contributed by atoms with Crippen LogP contribution in [0.5, 0.6) is 0 Å². The fraction of sp³-hybridized carbons (Fsp3) is 1.00. The highest BCUT2D eigenvalue weighted by atomic mass is 35.5. The third kappa shape index (κ3) is 2.60. The predicted molar refractivity (Wildman–Crippen MR) is 45.9 cm³/mol. The molecule has 3 N–H and O–H groups in total. The van der Waals surface area contributed by atoms with Crippen LogP contribution in [0.15, 0.2) is 0 Å². The maximum Gasteiger partial charge on any atom is 0.0839 e. The molecule has 0 spiro atoms. The molecule has 0 radical (unpaired) electrons. The number of halogens is 1. The largest absolute Gasteiger partial charge is 0.388 e. The van der Waals surface area contributed by atoms with Crippen molar-refractivity contribution in [3.05, 3.63) is 0 Å². The number of ether oxygens (including phenoxy) is 1. The number of aliphatic hydroxyl groups is 1. The lowest BCUT2D eigenvalue weighted by Crippen LogP contribution is -2.49. The molecule has 1 saturated heterocycles. The van der Waals surface area contributed by atoms with Crippen LogP contribution in [-0.2, 0) is 4.74 Å². The van der Waals surface area contributed by atoms with Crippen LogP contribution in [0.2, 0.25) is 0 Å². The van der Waals surface area contributed by atoms with Crippen molar-refractivity contribution >= 4 is 12.4 Å². The lowest BCUT2D eigenvalue weighted by molar-refractivity contribution is -0.0748. The predicted octanol–water partition coefficient (Wildman–Crippen LogP) is 0.297. The van der Waals surface area contributed by atoms with Crippen LogP contribution in [0.1, 0.15) is 19.8 Å². The van der Waals surface area contributed by atoms with E-state index < -0.39 is 5.60 Å². The van der Waals surface area contributed by atoms with Crippen molar-refractivity contribution in [3.8, 4) is 0 Å². The number of rotatable bonds is 1. The van der Waals surface area contributed by atoms with E-state index in [9.17, 15) is 5.11 Å². The van der Waals surface area contributed by atoms with E-state index in [1.807, 2.05) is 6.92 Å². The molecule has 1 aliphatic heterocycles. The third-order valence-electron chi connectivity index (χ3n) is 2.21. The highest BCUT2D eigenvalue weighted by Gasteiger charge is 2.33. The van der Waals surface area contributed by atoms with Crippen molar-refractivity contribution in [2.45, 2.75) is 31.4 Å². The maximum absolute atomic E-state index is 9.74. The first-order chi connectivity index (χ1) is 4.65. The summed E-state index contributed by atoms with van der Waals surface area (Å²) in [7, 11) is 0. The Bertz CT molecular complexity index is 113. The summed E-state index contributed by atoms with van der Waals surface area (Å²) >= 11 is 0. The van der Waals surface area contributed by atoms with Gasteiger partial charge in [0.1, 0.15) is 0 Å². The zero-order valence-electron chi connectivity index (χ0n) is 6.75. The van der Waals surface area contributed by atoms with Crippen LogP contribution in [0.4, 0.5) is 0 Å². The first-order valence-electron chi connectivity index (χ1n) is 3.71. The van der Waals surface area contributed by atoms with E-state index >= 15 is 0 Å². The Kier molecular flexibility index (Phi) is 4.32. The van der Waals surface area contributed by atoms with Crippen LogP contribution in [0, 0.1) is 0 Å². The standard InChI is InChI=1S/C7H15NO2.ClH/c1-6(8)7(9)2-4-10-5-3-7;/h6,9H,2-5,8H2,1H3;1H. The van der Waals surface area contributed by atoms with E-state index in [2.05, 4.69) is 0 Å². The van der Waals surface area contributed by atoms with E-state index in [1.165, 1.54) is 0 Å². The Morgan fingerprint density at radius 1 is 1.45 bits per heavy atom. The lowest BCUT2D eigenvalue weighted by Gasteiger charge is -2.35. The first kappa shape index (κ1) is 11.2. The van der Waals surface area contributed by atoms with Gasteiger partial charge in [0.15, 0.2) is 0 Å². The number of hydrogen-bond donors (Lipinski definition) is 2. The Balaban J connectivity index is 0.000001000. The molecule has 0 bridgehead atoms. The summed E-state index contributed by atoms with van der Waals surface area (Å²) in [6.45, 7) is 3.11. The average Bonchev–Trinajstić information content (AvgIpc) is 1.89. The van der Waals surface area contributed by atoms with Gasteiger partial charge in [0.25, 0.3) is 0 Å². The van der Waals surface area contributed by atoms with Crippen molar-refractivity contribution in [2.24, 2.45) is 5.73 Å². The normalized spacial score (nSPS) is 25.4. The van der Waals surface area contributed by atoms with Gasteiger partial charge in [0.05, 0.1) is 5.60 Å². The van der Waals surface area contributed by atoms with Crippen LogP contribution < -0.4 is 5.73 Å². The molecule has 1 unspecified atom stereocenters. The maximum atomic E-state index is 9.74. The van der Waals surface area contributed by atoms with E-state index in [0.29, 0.717) is 26.1 Å². The van der Waals surface area contributed by atoms with Gasteiger partial charge in [-0.3, -0.25) is 0 Å². The Hall–Kier alpha value is 0.170. The van der Waals surface area contributed by atoms with Gasteiger partial charge in [-0.15, -0.1) is 12.4 Å². The lowest BCUT2D eigenvalue weighted by atomic mass is 9.88. The van der Waals surface area contributed by atoms with Gasteiger partial charge in [-0.1, -0.05) is 0 Å². The summed E-state index contributed by atoms with van der Waals surface area (Å²) in [5, 5.41) is 9.74. The molecule has 1 aliphatic rings. The van der Waals surface area contributed by atoms with Gasteiger partial charge in [-0.25, -0.2) is 0 Å². The Labute approximate surface area is 73.3 Å². The highest BCUT2D eigenvalue weighted by Crippen LogP contribution is 2.22. The van der Waals surface area contributed by atoms with Crippen molar-refractivity contribution in [3.63, 3.8) is 0 Å². The summed E-state index contributed by atoms with van der Waals surface area (Å²) in [6.07, 6.45) is 1.34. The third-order valence-corrected chi connectivity index (χ3v) is 2.21. The summed E-state index contributed by atoms with van der Waals surface area (Å²) in [4.78, 5) is 0. The van der Waals surface area contributed by atoms with Crippen LogP contribution in [-0.4, -0.2) is 30.0 Å².